The Morgan fingerprint density at radius 2 is 1.16 bits per heavy atom. The van der Waals surface area contributed by atoms with Crippen molar-refractivity contribution < 1.29 is 29.9 Å². The molecule has 0 spiro atoms. The van der Waals surface area contributed by atoms with Gasteiger partial charge >= 0.3 is 0 Å². The first-order valence-electron chi connectivity index (χ1n) is 7.24. The molecule has 0 saturated carbocycles. The molecule has 0 saturated heterocycles. The van der Waals surface area contributed by atoms with E-state index in [1.165, 1.54) is 0 Å². The molecule has 7 heteroatoms. The van der Waals surface area contributed by atoms with Gasteiger partial charge in [-0.25, -0.2) is 0 Å². The van der Waals surface area contributed by atoms with Crippen molar-refractivity contribution in [1.29, 1.82) is 0 Å². The molecular formula is C18H12O6S. The van der Waals surface area contributed by atoms with Gasteiger partial charge in [0.2, 0.25) is 17.2 Å². The first-order chi connectivity index (χ1) is 11.9. The van der Waals surface area contributed by atoms with Crippen molar-refractivity contribution in [3.63, 3.8) is 0 Å². The molecule has 0 unspecified atom stereocenters. The van der Waals surface area contributed by atoms with E-state index in [1.807, 2.05) is 0 Å². The summed E-state index contributed by atoms with van der Waals surface area (Å²) in [6.45, 7) is 0. The van der Waals surface area contributed by atoms with E-state index in [-0.39, 0.29) is 5.56 Å². The summed E-state index contributed by atoms with van der Waals surface area (Å²) in [6, 6.07) is 10.2. The van der Waals surface area contributed by atoms with Crippen LogP contribution in [0.15, 0.2) is 45.7 Å². The molecule has 0 aliphatic rings. The number of rotatable bonds is 1. The van der Waals surface area contributed by atoms with Crippen molar-refractivity contribution in [3.05, 3.63) is 36.4 Å². The smallest absolute Gasteiger partial charge is 0.208 e. The number of hydrogen-bond donors (Lipinski definition) is 6. The Balaban J connectivity index is 2.22. The molecule has 0 fully saturated rings. The van der Waals surface area contributed by atoms with Crippen LogP contribution in [0.3, 0.4) is 0 Å². The Morgan fingerprint density at radius 3 is 1.80 bits per heavy atom. The van der Waals surface area contributed by atoms with Crippen LogP contribution in [-0.4, -0.2) is 25.5 Å². The third-order valence-electron chi connectivity index (χ3n) is 4.14. The second kappa shape index (κ2) is 5.15. The molecule has 0 radical (unpaired) electrons. The summed E-state index contributed by atoms with van der Waals surface area (Å²) in [5, 5.41) is 50.9. The fourth-order valence-corrected chi connectivity index (χ4v) is 3.31. The summed E-state index contributed by atoms with van der Waals surface area (Å²) in [4.78, 5) is 0.620. The van der Waals surface area contributed by atoms with Gasteiger partial charge in [-0.1, -0.05) is 18.2 Å². The number of phenols is 5. The molecular weight excluding hydrogens is 344 g/mol. The number of fused-ring (bicyclic) bond motifs is 3. The van der Waals surface area contributed by atoms with Gasteiger partial charge in [-0.15, -0.1) is 12.6 Å². The van der Waals surface area contributed by atoms with Crippen molar-refractivity contribution in [2.24, 2.45) is 0 Å². The predicted molar refractivity (Wildman–Crippen MR) is 94.7 cm³/mol. The van der Waals surface area contributed by atoms with E-state index >= 15 is 0 Å². The molecule has 6 nitrogen and oxygen atoms in total. The largest absolute Gasteiger partial charge is 0.504 e. The van der Waals surface area contributed by atoms with Gasteiger partial charge in [0, 0.05) is 21.2 Å². The van der Waals surface area contributed by atoms with Gasteiger partial charge < -0.3 is 29.9 Å². The lowest BCUT2D eigenvalue weighted by molar-refractivity contribution is 0.330. The molecule has 3 aromatic carbocycles. The third-order valence-corrected chi connectivity index (χ3v) is 4.51. The highest BCUT2D eigenvalue weighted by Crippen LogP contribution is 2.56. The second-order valence-electron chi connectivity index (χ2n) is 5.55. The quantitative estimate of drug-likeness (QED) is 0.174. The van der Waals surface area contributed by atoms with E-state index in [4.69, 9.17) is 4.42 Å². The number of phenolic OH excluding ortho intramolecular Hbond substituents is 5. The van der Waals surface area contributed by atoms with Crippen LogP contribution in [0.1, 0.15) is 0 Å². The number of thiol groups is 1. The Labute approximate surface area is 146 Å². The summed E-state index contributed by atoms with van der Waals surface area (Å²) in [5.74, 6) is -4.38. The zero-order valence-corrected chi connectivity index (χ0v) is 13.5. The molecule has 4 aromatic rings. The normalized spacial score (nSPS) is 11.4. The fourth-order valence-electron chi connectivity index (χ4n) is 3.00. The second-order valence-corrected chi connectivity index (χ2v) is 6.03. The average Bonchev–Trinajstić information content (AvgIpc) is 2.99. The minimum atomic E-state index is -1.00. The average molecular weight is 356 g/mol. The highest BCUT2D eigenvalue weighted by molar-refractivity contribution is 7.80. The van der Waals surface area contributed by atoms with Gasteiger partial charge in [0.1, 0.15) is 11.2 Å². The lowest BCUT2D eigenvalue weighted by Gasteiger charge is -2.13. The lowest BCUT2D eigenvalue weighted by Crippen LogP contribution is -1.85. The SMILES string of the molecule is Oc1c(O)c(O)c(-c2cccc3oc4cccc(S)c4c23)c(O)c1O. The van der Waals surface area contributed by atoms with Crippen molar-refractivity contribution >= 4 is 34.6 Å². The molecule has 1 heterocycles. The summed E-state index contributed by atoms with van der Waals surface area (Å²) in [7, 11) is 0. The van der Waals surface area contributed by atoms with Crippen LogP contribution in [-0.2, 0) is 0 Å². The van der Waals surface area contributed by atoms with E-state index in [0.29, 0.717) is 32.4 Å². The van der Waals surface area contributed by atoms with E-state index in [0.717, 1.165) is 0 Å². The molecule has 4 rings (SSSR count). The van der Waals surface area contributed by atoms with Gasteiger partial charge in [-0.2, -0.15) is 0 Å². The summed E-state index contributed by atoms with van der Waals surface area (Å²) < 4.78 is 5.77. The summed E-state index contributed by atoms with van der Waals surface area (Å²) in [6.07, 6.45) is 0. The predicted octanol–water partition coefficient (Wildman–Crippen LogP) is 4.07. The van der Waals surface area contributed by atoms with Gasteiger partial charge in [0.25, 0.3) is 0 Å². The molecule has 0 aliphatic carbocycles. The Kier molecular flexibility index (Phi) is 3.16. The minimum Gasteiger partial charge on any atom is -0.504 e. The maximum atomic E-state index is 10.2. The number of aromatic hydroxyl groups is 5. The van der Waals surface area contributed by atoms with Gasteiger partial charge in [-0.05, 0) is 18.2 Å². The molecule has 126 valence electrons. The van der Waals surface area contributed by atoms with E-state index < -0.39 is 28.7 Å². The Hall–Kier alpha value is -3.19. The van der Waals surface area contributed by atoms with E-state index in [9.17, 15) is 25.5 Å². The summed E-state index contributed by atoms with van der Waals surface area (Å²) in [5.41, 5.74) is 1.11. The highest BCUT2D eigenvalue weighted by atomic mass is 32.1. The standard InChI is InChI=1S/C18H12O6S/c19-14-12(15(20)17(22)18(23)16(14)21)7-3-1-4-8-11(7)13-9(24-8)5-2-6-10(13)25/h1-6,19-23,25H. The van der Waals surface area contributed by atoms with Crippen LogP contribution in [0.25, 0.3) is 33.1 Å². The minimum absolute atomic E-state index is 0.224. The zero-order valence-electron chi connectivity index (χ0n) is 12.6. The Morgan fingerprint density at radius 1 is 0.640 bits per heavy atom. The molecule has 0 atom stereocenters. The Bertz CT molecular complexity index is 1130. The van der Waals surface area contributed by atoms with Crippen molar-refractivity contribution in [2.75, 3.05) is 0 Å². The lowest BCUT2D eigenvalue weighted by atomic mass is 9.96. The molecule has 5 N–H and O–H groups in total. The molecule has 0 aliphatic heterocycles. The van der Waals surface area contributed by atoms with Gasteiger partial charge in [0.15, 0.2) is 11.5 Å². The number of hydrogen-bond acceptors (Lipinski definition) is 7. The fraction of sp³-hybridized carbons (Fsp3) is 0. The van der Waals surface area contributed by atoms with Crippen LogP contribution in [0.2, 0.25) is 0 Å². The van der Waals surface area contributed by atoms with Crippen molar-refractivity contribution in [3.8, 4) is 39.9 Å². The van der Waals surface area contributed by atoms with Gasteiger partial charge in [-0.3, -0.25) is 0 Å². The molecule has 25 heavy (non-hydrogen) atoms. The van der Waals surface area contributed by atoms with Crippen LogP contribution in [0, 0.1) is 0 Å². The topological polar surface area (TPSA) is 114 Å². The summed E-state index contributed by atoms with van der Waals surface area (Å²) >= 11 is 4.44. The van der Waals surface area contributed by atoms with Crippen LogP contribution < -0.4 is 0 Å². The maximum Gasteiger partial charge on any atom is 0.208 e. The van der Waals surface area contributed by atoms with E-state index in [1.54, 1.807) is 36.4 Å². The third kappa shape index (κ3) is 1.99. The monoisotopic (exact) mass is 356 g/mol. The molecule has 0 amide bonds. The van der Waals surface area contributed by atoms with Crippen molar-refractivity contribution in [2.45, 2.75) is 4.90 Å². The van der Waals surface area contributed by atoms with Crippen molar-refractivity contribution in [1.82, 2.24) is 0 Å². The van der Waals surface area contributed by atoms with Crippen LogP contribution in [0.4, 0.5) is 0 Å². The first kappa shape index (κ1) is 15.3. The first-order valence-corrected chi connectivity index (χ1v) is 7.69. The highest BCUT2D eigenvalue weighted by Gasteiger charge is 2.26. The number of benzene rings is 3. The van der Waals surface area contributed by atoms with Crippen LogP contribution in [0.5, 0.6) is 28.7 Å². The number of furan rings is 1. The molecule has 1 aromatic heterocycles. The molecule has 0 bridgehead atoms. The zero-order chi connectivity index (χ0) is 17.9. The maximum absolute atomic E-state index is 10.2. The van der Waals surface area contributed by atoms with E-state index in [2.05, 4.69) is 12.6 Å². The van der Waals surface area contributed by atoms with Crippen LogP contribution >= 0.6 is 12.6 Å². The van der Waals surface area contributed by atoms with Gasteiger partial charge in [0.05, 0.1) is 5.56 Å².